The number of hydrogen-bond acceptors (Lipinski definition) is 6. The van der Waals surface area contributed by atoms with Crippen LogP contribution in [-0.4, -0.2) is 67.8 Å². The monoisotopic (exact) mass is 519 g/mol. The molecule has 1 aliphatic heterocycles. The minimum Gasteiger partial charge on any atom is -0.396 e. The fourth-order valence-electron chi connectivity index (χ4n) is 5.67. The van der Waals surface area contributed by atoms with Crippen molar-refractivity contribution in [2.75, 3.05) is 50.1 Å². The van der Waals surface area contributed by atoms with Gasteiger partial charge in [0.2, 0.25) is 5.91 Å². The Labute approximate surface area is 225 Å². The van der Waals surface area contributed by atoms with Gasteiger partial charge in [0.05, 0.1) is 0 Å². The number of nitrogens with zero attached hydrogens (tertiary/aromatic N) is 5. The zero-order valence-electron chi connectivity index (χ0n) is 22.6. The lowest BCUT2D eigenvalue weighted by atomic mass is 9.85. The Balaban J connectivity index is 1.28. The molecule has 1 heterocycles. The van der Waals surface area contributed by atoms with E-state index in [0.717, 1.165) is 68.8 Å². The van der Waals surface area contributed by atoms with Gasteiger partial charge in [0.15, 0.2) is 0 Å². The van der Waals surface area contributed by atoms with E-state index >= 15 is 0 Å². The third kappa shape index (κ3) is 7.48. The molecule has 38 heavy (non-hydrogen) atoms. The zero-order chi connectivity index (χ0) is 26.9. The van der Waals surface area contributed by atoms with Crippen molar-refractivity contribution in [3.8, 4) is 0 Å². The Morgan fingerprint density at radius 2 is 2.05 bits per heavy atom. The Kier molecular flexibility index (Phi) is 10.0. The van der Waals surface area contributed by atoms with Gasteiger partial charge >= 0.3 is 0 Å². The van der Waals surface area contributed by atoms with Crippen molar-refractivity contribution < 1.29 is 9.90 Å². The molecular formula is C29H41N7O2. The highest BCUT2D eigenvalue weighted by atomic mass is 16.3. The number of benzene rings is 2. The molecule has 2 aliphatic rings. The third-order valence-electron chi connectivity index (χ3n) is 7.92. The molecule has 1 atom stereocenters. The third-order valence-corrected chi connectivity index (χ3v) is 7.92. The first-order valence-corrected chi connectivity index (χ1v) is 13.8. The molecule has 0 spiro atoms. The number of aliphatic hydroxyl groups excluding tert-OH is 1. The Morgan fingerprint density at radius 1 is 1.24 bits per heavy atom. The molecule has 1 saturated carbocycles. The number of azide groups is 1. The molecule has 0 unspecified atom stereocenters. The van der Waals surface area contributed by atoms with Gasteiger partial charge in [-0.15, -0.1) is 0 Å². The van der Waals surface area contributed by atoms with E-state index in [1.54, 1.807) is 0 Å². The Morgan fingerprint density at radius 3 is 2.79 bits per heavy atom. The van der Waals surface area contributed by atoms with Gasteiger partial charge in [-0.3, -0.25) is 9.69 Å². The quantitative estimate of drug-likeness (QED) is 0.247. The summed E-state index contributed by atoms with van der Waals surface area (Å²) in [6, 6.07) is 15.1. The lowest BCUT2D eigenvalue weighted by Gasteiger charge is -2.33. The van der Waals surface area contributed by atoms with Gasteiger partial charge in [-0.25, -0.2) is 0 Å². The summed E-state index contributed by atoms with van der Waals surface area (Å²) >= 11 is 0. The van der Waals surface area contributed by atoms with Crippen LogP contribution in [0.5, 0.6) is 0 Å². The molecule has 1 aliphatic carbocycles. The van der Waals surface area contributed by atoms with Gasteiger partial charge < -0.3 is 20.6 Å². The Bertz CT molecular complexity index is 1130. The lowest BCUT2D eigenvalue weighted by molar-refractivity contribution is -0.123. The van der Waals surface area contributed by atoms with Gasteiger partial charge in [0, 0.05) is 80.7 Å². The number of piperazine rings is 1. The standard InChI is InChI=1S/C29H41N7O2/c1-21-16-28(11-8-24(21)19-36-14-13-31-27(20-36)18-32-34-30)35(2)29(38)23-6-9-25(10-7-23)33-26-5-3-4-22(17-26)12-15-37/h3-5,8,11,16-17,23,25,27,31,33,37H,6-7,9-10,12-15,18-20H2,1-2H3/t23-,25-,27-/m0/s1. The fourth-order valence-corrected chi connectivity index (χ4v) is 5.67. The molecule has 0 radical (unpaired) electrons. The topological polar surface area (TPSA) is 117 Å². The van der Waals surface area contributed by atoms with Gasteiger partial charge in [0.1, 0.15) is 0 Å². The van der Waals surface area contributed by atoms with E-state index in [-0.39, 0.29) is 24.5 Å². The van der Waals surface area contributed by atoms with E-state index in [4.69, 9.17) is 5.53 Å². The summed E-state index contributed by atoms with van der Waals surface area (Å²) in [5.74, 6) is 0.246. The van der Waals surface area contributed by atoms with Gasteiger partial charge in [-0.05, 0) is 85.5 Å². The molecule has 2 fully saturated rings. The summed E-state index contributed by atoms with van der Waals surface area (Å²) < 4.78 is 0. The molecule has 9 nitrogen and oxygen atoms in total. The molecule has 0 bridgehead atoms. The first-order chi connectivity index (χ1) is 18.5. The maximum absolute atomic E-state index is 13.3. The summed E-state index contributed by atoms with van der Waals surface area (Å²) in [4.78, 5) is 20.4. The van der Waals surface area contributed by atoms with Crippen molar-refractivity contribution >= 4 is 17.3 Å². The first-order valence-electron chi connectivity index (χ1n) is 13.8. The van der Waals surface area contributed by atoms with Gasteiger partial charge in [-0.2, -0.15) is 0 Å². The minimum atomic E-state index is 0.0487. The normalized spacial score (nSPS) is 21.9. The predicted molar refractivity (Wildman–Crippen MR) is 152 cm³/mol. The van der Waals surface area contributed by atoms with Crippen LogP contribution < -0.4 is 15.5 Å². The number of aliphatic hydroxyl groups is 1. The van der Waals surface area contributed by atoms with E-state index in [1.165, 1.54) is 11.1 Å². The van der Waals surface area contributed by atoms with Crippen molar-refractivity contribution in [1.82, 2.24) is 10.2 Å². The maximum atomic E-state index is 13.3. The van der Waals surface area contributed by atoms with Crippen molar-refractivity contribution in [2.24, 2.45) is 11.0 Å². The highest BCUT2D eigenvalue weighted by Gasteiger charge is 2.29. The second kappa shape index (κ2) is 13.6. The average Bonchev–Trinajstić information content (AvgIpc) is 2.93. The lowest BCUT2D eigenvalue weighted by Crippen LogP contribution is -2.51. The number of carbonyl (C=O) groups is 1. The molecule has 1 amide bonds. The van der Waals surface area contributed by atoms with E-state index in [1.807, 2.05) is 24.1 Å². The average molecular weight is 520 g/mol. The van der Waals surface area contributed by atoms with Crippen LogP contribution in [0.2, 0.25) is 0 Å². The molecule has 0 aromatic heterocycles. The molecule has 4 rings (SSSR count). The number of hydrogen-bond donors (Lipinski definition) is 3. The first kappa shape index (κ1) is 27.9. The SMILES string of the molecule is Cc1cc(N(C)C(=O)[C@H]2CC[C@H](Nc3cccc(CCO)c3)CC2)ccc1CN1CCN[C@@H](CN=[N+]=[N-])C1. The summed E-state index contributed by atoms with van der Waals surface area (Å²) in [5.41, 5.74) is 14.2. The second-order valence-corrected chi connectivity index (χ2v) is 10.7. The molecule has 2 aromatic carbocycles. The van der Waals surface area contributed by atoms with E-state index in [9.17, 15) is 9.90 Å². The highest BCUT2D eigenvalue weighted by molar-refractivity contribution is 5.94. The molecule has 2 aromatic rings. The predicted octanol–water partition coefficient (Wildman–Crippen LogP) is 4.25. The van der Waals surface area contributed by atoms with Crippen molar-refractivity contribution in [1.29, 1.82) is 0 Å². The highest BCUT2D eigenvalue weighted by Crippen LogP contribution is 2.30. The number of amides is 1. The largest absolute Gasteiger partial charge is 0.396 e. The van der Waals surface area contributed by atoms with Crippen molar-refractivity contribution in [2.45, 2.75) is 57.7 Å². The van der Waals surface area contributed by atoms with Crippen LogP contribution in [0.4, 0.5) is 11.4 Å². The number of rotatable bonds is 10. The van der Waals surface area contributed by atoms with Crippen molar-refractivity contribution in [3.05, 3.63) is 69.6 Å². The molecule has 204 valence electrons. The summed E-state index contributed by atoms with van der Waals surface area (Å²) in [6.45, 7) is 6.27. The summed E-state index contributed by atoms with van der Waals surface area (Å²) in [6.07, 6.45) is 4.37. The number of anilines is 2. The van der Waals surface area contributed by atoms with Crippen LogP contribution >= 0.6 is 0 Å². The summed E-state index contributed by atoms with van der Waals surface area (Å²) in [5, 5.41) is 19.9. The van der Waals surface area contributed by atoms with Crippen molar-refractivity contribution in [3.63, 3.8) is 0 Å². The zero-order valence-corrected chi connectivity index (χ0v) is 22.6. The minimum absolute atomic E-state index is 0.0487. The fraction of sp³-hybridized carbons (Fsp3) is 0.552. The molecule has 3 N–H and O–H groups in total. The van der Waals surface area contributed by atoms with Crippen LogP contribution in [0.15, 0.2) is 47.6 Å². The molecule has 9 heteroatoms. The van der Waals surface area contributed by atoms with Crippen LogP contribution in [0.25, 0.3) is 10.4 Å². The summed E-state index contributed by atoms with van der Waals surface area (Å²) in [7, 11) is 1.89. The second-order valence-electron chi connectivity index (χ2n) is 10.7. The number of carbonyl (C=O) groups excluding carboxylic acids is 1. The number of aryl methyl sites for hydroxylation is 1. The van der Waals surface area contributed by atoms with Crippen LogP contribution in [-0.2, 0) is 17.8 Å². The Hall–Kier alpha value is -3.10. The molecular weight excluding hydrogens is 478 g/mol. The van der Waals surface area contributed by atoms with Crippen LogP contribution in [0.3, 0.4) is 0 Å². The van der Waals surface area contributed by atoms with Gasteiger partial charge in [-0.1, -0.05) is 23.3 Å². The van der Waals surface area contributed by atoms with E-state index in [0.29, 0.717) is 19.0 Å². The van der Waals surface area contributed by atoms with Crippen LogP contribution in [0, 0.1) is 12.8 Å². The molecule has 1 saturated heterocycles. The smallest absolute Gasteiger partial charge is 0.229 e. The number of nitrogens with one attached hydrogen (secondary N) is 2. The van der Waals surface area contributed by atoms with E-state index < -0.39 is 0 Å². The maximum Gasteiger partial charge on any atom is 0.229 e. The van der Waals surface area contributed by atoms with Gasteiger partial charge in [0.25, 0.3) is 0 Å². The van der Waals surface area contributed by atoms with E-state index in [2.05, 4.69) is 62.8 Å². The van der Waals surface area contributed by atoms with Crippen LogP contribution in [0.1, 0.15) is 42.4 Å².